The fraction of sp³-hybridized carbons (Fsp3) is 0.238. The van der Waals surface area contributed by atoms with Gasteiger partial charge in [0, 0.05) is 16.5 Å². The first-order valence-corrected chi connectivity index (χ1v) is 9.55. The van der Waals surface area contributed by atoms with Gasteiger partial charge >= 0.3 is 0 Å². The molecule has 1 heterocycles. The standard InChI is InChI=1S/C21H22N2O3S/c1-5-26-19-11-15(7-9-18(19)25-4)20(24)23-21-22-17(12-27-21)16-8-6-13(2)10-14(16)3/h6-12H,5H2,1-4H3,(H,22,23,24). The molecule has 0 spiro atoms. The van der Waals surface area contributed by atoms with Crippen LogP contribution in [0, 0.1) is 13.8 Å². The third-order valence-corrected chi connectivity index (χ3v) is 4.87. The maximum absolute atomic E-state index is 12.6. The van der Waals surface area contributed by atoms with Crippen LogP contribution >= 0.6 is 11.3 Å². The van der Waals surface area contributed by atoms with Crippen molar-refractivity contribution < 1.29 is 14.3 Å². The molecular weight excluding hydrogens is 360 g/mol. The highest BCUT2D eigenvalue weighted by molar-refractivity contribution is 7.14. The number of rotatable bonds is 6. The largest absolute Gasteiger partial charge is 0.493 e. The number of aryl methyl sites for hydroxylation is 2. The Morgan fingerprint density at radius 3 is 2.67 bits per heavy atom. The Kier molecular flexibility index (Phi) is 5.76. The average molecular weight is 382 g/mol. The number of carbonyl (C=O) groups is 1. The number of anilines is 1. The number of aromatic nitrogens is 1. The van der Waals surface area contributed by atoms with E-state index in [1.54, 1.807) is 25.3 Å². The molecule has 0 unspecified atom stereocenters. The number of nitrogens with one attached hydrogen (secondary N) is 1. The number of nitrogens with zero attached hydrogens (tertiary/aromatic N) is 1. The Hall–Kier alpha value is -2.86. The number of thiazole rings is 1. The molecule has 0 bridgehead atoms. The summed E-state index contributed by atoms with van der Waals surface area (Å²) in [7, 11) is 1.57. The van der Waals surface area contributed by atoms with E-state index in [0.717, 1.165) is 16.8 Å². The normalized spacial score (nSPS) is 10.5. The Labute approximate surface area is 163 Å². The Morgan fingerprint density at radius 1 is 1.15 bits per heavy atom. The van der Waals surface area contributed by atoms with Crippen molar-refractivity contribution in [2.75, 3.05) is 19.0 Å². The van der Waals surface area contributed by atoms with Crippen molar-refractivity contribution in [1.82, 2.24) is 4.98 Å². The molecule has 0 fully saturated rings. The van der Waals surface area contributed by atoms with Gasteiger partial charge in [0.15, 0.2) is 16.6 Å². The van der Waals surface area contributed by atoms with E-state index in [1.165, 1.54) is 16.9 Å². The van der Waals surface area contributed by atoms with Crippen LogP contribution in [0.3, 0.4) is 0 Å². The van der Waals surface area contributed by atoms with Gasteiger partial charge in [0.05, 0.1) is 19.4 Å². The number of carbonyl (C=O) groups excluding carboxylic acids is 1. The summed E-state index contributed by atoms with van der Waals surface area (Å²) in [6, 6.07) is 11.4. The maximum atomic E-state index is 12.6. The molecule has 1 aromatic heterocycles. The summed E-state index contributed by atoms with van der Waals surface area (Å²) in [5.74, 6) is 0.905. The van der Waals surface area contributed by atoms with Crippen molar-refractivity contribution in [2.24, 2.45) is 0 Å². The number of ether oxygens (including phenoxy) is 2. The van der Waals surface area contributed by atoms with Crippen molar-refractivity contribution in [2.45, 2.75) is 20.8 Å². The van der Waals surface area contributed by atoms with Gasteiger partial charge in [-0.1, -0.05) is 23.8 Å². The molecule has 6 heteroatoms. The molecule has 140 valence electrons. The first kappa shape index (κ1) is 18.9. The topological polar surface area (TPSA) is 60.5 Å². The van der Waals surface area contributed by atoms with Gasteiger partial charge in [-0.3, -0.25) is 10.1 Å². The van der Waals surface area contributed by atoms with Crippen molar-refractivity contribution in [3.63, 3.8) is 0 Å². The summed E-state index contributed by atoms with van der Waals surface area (Å²) in [6.45, 7) is 6.50. The van der Waals surface area contributed by atoms with E-state index in [0.29, 0.717) is 28.8 Å². The van der Waals surface area contributed by atoms with Crippen LogP contribution < -0.4 is 14.8 Å². The fourth-order valence-corrected chi connectivity index (χ4v) is 3.52. The third kappa shape index (κ3) is 4.28. The number of hydrogen-bond donors (Lipinski definition) is 1. The Balaban J connectivity index is 1.79. The Bertz CT molecular complexity index is 966. The zero-order chi connectivity index (χ0) is 19.4. The van der Waals surface area contributed by atoms with Crippen LogP contribution in [0.2, 0.25) is 0 Å². The second-order valence-electron chi connectivity index (χ2n) is 6.11. The average Bonchev–Trinajstić information content (AvgIpc) is 3.10. The molecule has 0 saturated heterocycles. The molecule has 5 nitrogen and oxygen atoms in total. The molecule has 0 atom stereocenters. The van der Waals surface area contributed by atoms with E-state index >= 15 is 0 Å². The molecule has 0 radical (unpaired) electrons. The van der Waals surface area contributed by atoms with E-state index in [1.807, 2.05) is 12.3 Å². The van der Waals surface area contributed by atoms with Gasteiger partial charge in [0.25, 0.3) is 5.91 Å². The summed E-state index contributed by atoms with van der Waals surface area (Å²) in [5, 5.41) is 5.37. The second kappa shape index (κ2) is 8.22. The van der Waals surface area contributed by atoms with Crippen molar-refractivity contribution in [3.05, 3.63) is 58.5 Å². The van der Waals surface area contributed by atoms with Crippen molar-refractivity contribution >= 4 is 22.4 Å². The van der Waals surface area contributed by atoms with E-state index in [4.69, 9.17) is 9.47 Å². The van der Waals surface area contributed by atoms with E-state index < -0.39 is 0 Å². The molecule has 0 saturated carbocycles. The predicted octanol–water partition coefficient (Wildman–Crippen LogP) is 5.09. The number of methoxy groups -OCH3 is 1. The minimum absolute atomic E-state index is 0.236. The summed E-state index contributed by atoms with van der Waals surface area (Å²) >= 11 is 1.40. The highest BCUT2D eigenvalue weighted by atomic mass is 32.1. The lowest BCUT2D eigenvalue weighted by Gasteiger charge is -2.10. The van der Waals surface area contributed by atoms with E-state index in [2.05, 4.69) is 42.3 Å². The van der Waals surface area contributed by atoms with E-state index in [9.17, 15) is 4.79 Å². The molecular formula is C21H22N2O3S. The number of benzene rings is 2. The third-order valence-electron chi connectivity index (χ3n) is 4.11. The molecule has 3 aromatic rings. The number of amides is 1. The fourth-order valence-electron chi connectivity index (χ4n) is 2.81. The maximum Gasteiger partial charge on any atom is 0.257 e. The summed E-state index contributed by atoms with van der Waals surface area (Å²) < 4.78 is 10.8. The van der Waals surface area contributed by atoms with Crippen LogP contribution in [0.15, 0.2) is 41.8 Å². The smallest absolute Gasteiger partial charge is 0.257 e. The van der Waals surface area contributed by atoms with Crippen LogP contribution in [-0.4, -0.2) is 24.6 Å². The molecule has 2 aromatic carbocycles. The first-order valence-electron chi connectivity index (χ1n) is 8.67. The van der Waals surface area contributed by atoms with Gasteiger partial charge in [0.1, 0.15) is 0 Å². The van der Waals surface area contributed by atoms with Gasteiger partial charge in [-0.25, -0.2) is 4.98 Å². The first-order chi connectivity index (χ1) is 13.0. The van der Waals surface area contributed by atoms with E-state index in [-0.39, 0.29) is 5.91 Å². The molecule has 27 heavy (non-hydrogen) atoms. The van der Waals surface area contributed by atoms with Gasteiger partial charge < -0.3 is 9.47 Å². The van der Waals surface area contributed by atoms with Gasteiger partial charge in [-0.15, -0.1) is 11.3 Å². The molecule has 0 aliphatic heterocycles. The van der Waals surface area contributed by atoms with Gasteiger partial charge in [0.2, 0.25) is 0 Å². The van der Waals surface area contributed by atoms with Crippen molar-refractivity contribution in [1.29, 1.82) is 0 Å². The lowest BCUT2D eigenvalue weighted by atomic mass is 10.0. The lowest BCUT2D eigenvalue weighted by Crippen LogP contribution is -2.12. The molecule has 0 aliphatic carbocycles. The molecule has 3 rings (SSSR count). The monoisotopic (exact) mass is 382 g/mol. The zero-order valence-corrected chi connectivity index (χ0v) is 16.6. The van der Waals surface area contributed by atoms with Gasteiger partial charge in [-0.05, 0) is 44.5 Å². The predicted molar refractivity (Wildman–Crippen MR) is 109 cm³/mol. The Morgan fingerprint density at radius 2 is 1.96 bits per heavy atom. The van der Waals surface area contributed by atoms with Crippen LogP contribution in [-0.2, 0) is 0 Å². The summed E-state index contributed by atoms with van der Waals surface area (Å²) in [5.41, 5.74) is 4.79. The quantitative estimate of drug-likeness (QED) is 0.645. The van der Waals surface area contributed by atoms with Crippen molar-refractivity contribution in [3.8, 4) is 22.8 Å². The second-order valence-corrected chi connectivity index (χ2v) is 6.97. The summed E-state index contributed by atoms with van der Waals surface area (Å²) in [4.78, 5) is 17.1. The zero-order valence-electron chi connectivity index (χ0n) is 15.8. The highest BCUT2D eigenvalue weighted by Gasteiger charge is 2.14. The van der Waals surface area contributed by atoms with Crippen LogP contribution in [0.1, 0.15) is 28.4 Å². The minimum Gasteiger partial charge on any atom is -0.493 e. The highest BCUT2D eigenvalue weighted by Crippen LogP contribution is 2.30. The lowest BCUT2D eigenvalue weighted by molar-refractivity contribution is 0.102. The minimum atomic E-state index is -0.236. The van der Waals surface area contributed by atoms with Crippen LogP contribution in [0.5, 0.6) is 11.5 Å². The summed E-state index contributed by atoms with van der Waals surface area (Å²) in [6.07, 6.45) is 0. The molecule has 1 N–H and O–H groups in total. The SMILES string of the molecule is CCOc1cc(C(=O)Nc2nc(-c3ccc(C)cc3C)cs2)ccc1OC. The number of hydrogen-bond acceptors (Lipinski definition) is 5. The molecule has 0 aliphatic rings. The molecule has 1 amide bonds. The van der Waals surface area contributed by atoms with Crippen LogP contribution in [0.25, 0.3) is 11.3 Å². The van der Waals surface area contributed by atoms with Gasteiger partial charge in [-0.2, -0.15) is 0 Å². The van der Waals surface area contributed by atoms with Crippen LogP contribution in [0.4, 0.5) is 5.13 Å².